The van der Waals surface area contributed by atoms with Gasteiger partial charge in [0.25, 0.3) is 5.91 Å². The van der Waals surface area contributed by atoms with Crippen molar-refractivity contribution >= 4 is 17.7 Å². The summed E-state index contributed by atoms with van der Waals surface area (Å²) in [6, 6.07) is 18.5. The number of nitrogens with one attached hydrogen (secondary N) is 1. The van der Waals surface area contributed by atoms with E-state index in [0.29, 0.717) is 6.54 Å². The lowest BCUT2D eigenvalue weighted by Gasteiger charge is -2.17. The molecule has 1 saturated heterocycles. The second-order valence-electron chi connectivity index (χ2n) is 7.23. The summed E-state index contributed by atoms with van der Waals surface area (Å²) in [6.07, 6.45) is 3.67. The molecule has 1 atom stereocenters. The van der Waals surface area contributed by atoms with E-state index in [-0.39, 0.29) is 17.6 Å². The van der Waals surface area contributed by atoms with Crippen molar-refractivity contribution in [3.8, 4) is 6.07 Å². The maximum atomic E-state index is 12.3. The van der Waals surface area contributed by atoms with Gasteiger partial charge in [0.1, 0.15) is 11.6 Å². The molecule has 2 aliphatic rings. The SMILES string of the molecule is N#C/C(=C\c1ccc(N2Cc3ccccc3C2)cc1)C(=O)NC[C@H]1CCCO1. The van der Waals surface area contributed by atoms with E-state index in [1.165, 1.54) is 11.1 Å². The van der Waals surface area contributed by atoms with Crippen molar-refractivity contribution in [2.24, 2.45) is 0 Å². The largest absolute Gasteiger partial charge is 0.376 e. The summed E-state index contributed by atoms with van der Waals surface area (Å²) < 4.78 is 5.50. The number of nitrogens with zero attached hydrogens (tertiary/aromatic N) is 2. The maximum Gasteiger partial charge on any atom is 0.262 e. The standard InChI is InChI=1S/C23H23N3O2/c24-13-20(23(27)25-14-22-6-3-11-28-22)12-17-7-9-21(10-8-17)26-15-18-4-1-2-5-19(18)16-26/h1-2,4-5,7-10,12,22H,3,6,11,14-16H2,(H,25,27)/b20-12+/t22-/m1/s1. The fourth-order valence-electron chi connectivity index (χ4n) is 3.72. The minimum absolute atomic E-state index is 0.0627. The van der Waals surface area contributed by atoms with Crippen LogP contribution in [0, 0.1) is 11.3 Å². The Labute approximate surface area is 165 Å². The number of carbonyl (C=O) groups is 1. The molecule has 0 unspecified atom stereocenters. The number of carbonyl (C=O) groups excluding carboxylic acids is 1. The number of hydrogen-bond donors (Lipinski definition) is 1. The van der Waals surface area contributed by atoms with Gasteiger partial charge in [-0.25, -0.2) is 0 Å². The Morgan fingerprint density at radius 1 is 1.18 bits per heavy atom. The Balaban J connectivity index is 1.40. The van der Waals surface area contributed by atoms with Gasteiger partial charge in [-0.1, -0.05) is 36.4 Å². The molecule has 5 heteroatoms. The highest BCUT2D eigenvalue weighted by Gasteiger charge is 2.19. The highest BCUT2D eigenvalue weighted by molar-refractivity contribution is 6.01. The molecule has 0 saturated carbocycles. The molecule has 0 bridgehead atoms. The van der Waals surface area contributed by atoms with E-state index < -0.39 is 0 Å². The molecule has 1 fully saturated rings. The summed E-state index contributed by atoms with van der Waals surface area (Å²) in [6.45, 7) is 3.00. The zero-order chi connectivity index (χ0) is 19.3. The molecule has 28 heavy (non-hydrogen) atoms. The number of nitriles is 1. The van der Waals surface area contributed by atoms with Crippen LogP contribution >= 0.6 is 0 Å². The van der Waals surface area contributed by atoms with E-state index in [2.05, 4.69) is 34.5 Å². The molecule has 2 aromatic rings. The van der Waals surface area contributed by atoms with Gasteiger partial charge < -0.3 is 15.0 Å². The maximum absolute atomic E-state index is 12.3. The van der Waals surface area contributed by atoms with Crippen molar-refractivity contribution in [3.63, 3.8) is 0 Å². The third-order valence-electron chi connectivity index (χ3n) is 5.29. The molecule has 0 aliphatic carbocycles. The van der Waals surface area contributed by atoms with Gasteiger partial charge in [-0.15, -0.1) is 0 Å². The Hall–Kier alpha value is -3.10. The van der Waals surface area contributed by atoms with Crippen molar-refractivity contribution < 1.29 is 9.53 Å². The Morgan fingerprint density at radius 3 is 2.50 bits per heavy atom. The minimum atomic E-state index is -0.350. The smallest absolute Gasteiger partial charge is 0.262 e. The first-order chi connectivity index (χ1) is 13.7. The van der Waals surface area contributed by atoms with Crippen molar-refractivity contribution in [3.05, 3.63) is 70.8 Å². The quantitative estimate of drug-likeness (QED) is 0.644. The Kier molecular flexibility index (Phi) is 5.41. The van der Waals surface area contributed by atoms with Crippen LogP contribution in [0.5, 0.6) is 0 Å². The van der Waals surface area contributed by atoms with E-state index in [4.69, 9.17) is 4.74 Å². The molecule has 142 valence electrons. The van der Waals surface area contributed by atoms with Gasteiger partial charge in [0.05, 0.1) is 6.10 Å². The van der Waals surface area contributed by atoms with E-state index in [0.717, 1.165) is 43.8 Å². The molecule has 4 rings (SSSR count). The number of rotatable bonds is 5. The van der Waals surface area contributed by atoms with Crippen LogP contribution in [-0.4, -0.2) is 25.2 Å². The second-order valence-corrected chi connectivity index (χ2v) is 7.23. The van der Waals surface area contributed by atoms with Gasteiger partial charge >= 0.3 is 0 Å². The zero-order valence-corrected chi connectivity index (χ0v) is 15.7. The van der Waals surface area contributed by atoms with Gasteiger partial charge in [0.2, 0.25) is 0 Å². The summed E-state index contributed by atoms with van der Waals surface area (Å²) in [5.41, 5.74) is 4.81. The van der Waals surface area contributed by atoms with E-state index in [1.54, 1.807) is 6.08 Å². The van der Waals surface area contributed by atoms with Crippen molar-refractivity contribution in [1.82, 2.24) is 5.32 Å². The van der Waals surface area contributed by atoms with E-state index >= 15 is 0 Å². The molecule has 1 N–H and O–H groups in total. The number of benzene rings is 2. The van der Waals surface area contributed by atoms with E-state index in [1.807, 2.05) is 30.3 Å². The number of fused-ring (bicyclic) bond motifs is 1. The van der Waals surface area contributed by atoms with Crippen molar-refractivity contribution in [2.45, 2.75) is 32.0 Å². The molecule has 1 amide bonds. The number of anilines is 1. The lowest BCUT2D eigenvalue weighted by atomic mass is 10.1. The first-order valence-electron chi connectivity index (χ1n) is 9.66. The number of ether oxygens (including phenoxy) is 1. The monoisotopic (exact) mass is 373 g/mol. The zero-order valence-electron chi connectivity index (χ0n) is 15.7. The molecule has 5 nitrogen and oxygen atoms in total. The van der Waals surface area contributed by atoms with Crippen molar-refractivity contribution in [2.75, 3.05) is 18.1 Å². The lowest BCUT2D eigenvalue weighted by molar-refractivity contribution is -0.117. The van der Waals surface area contributed by atoms with Crippen LogP contribution in [0.25, 0.3) is 6.08 Å². The number of amides is 1. The fraction of sp³-hybridized carbons (Fsp3) is 0.304. The Bertz CT molecular complexity index is 897. The molecular formula is C23H23N3O2. The summed E-state index contributed by atoms with van der Waals surface area (Å²) >= 11 is 0. The summed E-state index contributed by atoms with van der Waals surface area (Å²) in [7, 11) is 0. The highest BCUT2D eigenvalue weighted by atomic mass is 16.5. The van der Waals surface area contributed by atoms with Crippen LogP contribution in [0.4, 0.5) is 5.69 Å². The summed E-state index contributed by atoms with van der Waals surface area (Å²) in [4.78, 5) is 14.6. The molecule has 2 heterocycles. The second kappa shape index (κ2) is 8.28. The fourth-order valence-corrected chi connectivity index (χ4v) is 3.72. The van der Waals surface area contributed by atoms with Gasteiger partial charge in [0, 0.05) is 31.9 Å². The molecular weight excluding hydrogens is 350 g/mol. The average Bonchev–Trinajstić information content (AvgIpc) is 3.40. The van der Waals surface area contributed by atoms with Gasteiger partial charge in [-0.3, -0.25) is 4.79 Å². The van der Waals surface area contributed by atoms with Gasteiger partial charge in [0.15, 0.2) is 0 Å². The minimum Gasteiger partial charge on any atom is -0.376 e. The third-order valence-corrected chi connectivity index (χ3v) is 5.29. The first kappa shape index (κ1) is 18.3. The van der Waals surface area contributed by atoms with Crippen LogP contribution in [-0.2, 0) is 22.6 Å². The Morgan fingerprint density at radius 2 is 1.89 bits per heavy atom. The molecule has 2 aliphatic heterocycles. The normalized spacial score (nSPS) is 18.6. The third kappa shape index (κ3) is 4.08. The van der Waals surface area contributed by atoms with Crippen molar-refractivity contribution in [1.29, 1.82) is 5.26 Å². The van der Waals surface area contributed by atoms with Crippen LogP contribution < -0.4 is 10.2 Å². The summed E-state index contributed by atoms with van der Waals surface area (Å²) in [5, 5.41) is 12.2. The van der Waals surface area contributed by atoms with Gasteiger partial charge in [-0.2, -0.15) is 5.26 Å². The molecule has 2 aromatic carbocycles. The predicted molar refractivity (Wildman–Crippen MR) is 108 cm³/mol. The molecule has 0 aromatic heterocycles. The molecule has 0 radical (unpaired) electrons. The topological polar surface area (TPSA) is 65.4 Å². The van der Waals surface area contributed by atoms with Crippen LogP contribution in [0.3, 0.4) is 0 Å². The van der Waals surface area contributed by atoms with Crippen LogP contribution in [0.1, 0.15) is 29.5 Å². The number of hydrogen-bond acceptors (Lipinski definition) is 4. The van der Waals surface area contributed by atoms with E-state index in [9.17, 15) is 10.1 Å². The lowest BCUT2D eigenvalue weighted by Crippen LogP contribution is -2.32. The first-order valence-corrected chi connectivity index (χ1v) is 9.66. The predicted octanol–water partition coefficient (Wildman–Crippen LogP) is 3.41. The van der Waals surface area contributed by atoms with Gasteiger partial charge in [-0.05, 0) is 47.7 Å². The highest BCUT2D eigenvalue weighted by Crippen LogP contribution is 2.28. The molecule has 0 spiro atoms. The van der Waals surface area contributed by atoms with Crippen LogP contribution in [0.2, 0.25) is 0 Å². The summed E-state index contributed by atoms with van der Waals surface area (Å²) in [5.74, 6) is -0.350. The van der Waals surface area contributed by atoms with Crippen LogP contribution in [0.15, 0.2) is 54.1 Å². The average molecular weight is 373 g/mol.